The highest BCUT2D eigenvalue weighted by molar-refractivity contribution is 6.19. The van der Waals surface area contributed by atoms with E-state index in [0.717, 1.165) is 38.7 Å². The quantitative estimate of drug-likeness (QED) is 0.434. The van der Waals surface area contributed by atoms with Crippen LogP contribution in [0.25, 0.3) is 21.7 Å². The van der Waals surface area contributed by atoms with Crippen molar-refractivity contribution >= 4 is 44.9 Å². The Balaban J connectivity index is 1.59. The maximum atomic E-state index is 13.4. The number of aromatic amines is 1. The molecule has 0 aliphatic carbocycles. The highest BCUT2D eigenvalue weighted by Crippen LogP contribution is 2.45. The van der Waals surface area contributed by atoms with Gasteiger partial charge in [0.15, 0.2) is 0 Å². The van der Waals surface area contributed by atoms with E-state index in [1.54, 1.807) is 11.0 Å². The summed E-state index contributed by atoms with van der Waals surface area (Å²) in [5.74, 6) is 1.19. The van der Waals surface area contributed by atoms with Gasteiger partial charge in [-0.15, -0.1) is 11.6 Å². The zero-order valence-corrected chi connectivity index (χ0v) is 17.2. The monoisotopic (exact) mass is 420 g/mol. The Labute approximate surface area is 178 Å². The molecule has 6 heteroatoms. The fourth-order valence-electron chi connectivity index (χ4n) is 4.37. The van der Waals surface area contributed by atoms with Crippen molar-refractivity contribution in [3.63, 3.8) is 0 Å². The molecule has 3 aromatic carbocycles. The average molecular weight is 421 g/mol. The number of anilines is 1. The number of phenols is 1. The number of carbonyl (C=O) groups is 1. The summed E-state index contributed by atoms with van der Waals surface area (Å²) in [6.45, 7) is 3.00. The van der Waals surface area contributed by atoms with Gasteiger partial charge in [0.2, 0.25) is 0 Å². The number of phenolic OH excluding ortho intramolecular Hbond substituents is 1. The van der Waals surface area contributed by atoms with Crippen molar-refractivity contribution in [3.05, 3.63) is 65.9 Å². The molecule has 30 heavy (non-hydrogen) atoms. The molecule has 2 N–H and O–H groups in total. The van der Waals surface area contributed by atoms with Crippen molar-refractivity contribution < 1.29 is 14.6 Å². The summed E-state index contributed by atoms with van der Waals surface area (Å²) in [6.07, 6.45) is 0. The number of nitrogens with zero attached hydrogens (tertiary/aromatic N) is 1. The Hall–Kier alpha value is -3.18. The second kappa shape index (κ2) is 7.26. The standard InChI is InChI=1S/C24H21ClN2O3/c1-2-30-16-7-8-19-14(9-16)10-20(26-19)24(29)27-13-15(12-25)23-18-6-4-3-5-17(18)22(28)11-21(23)27/h3-11,15,26,28H,2,12-13H2,1H3/t15-/m1/s1. The smallest absolute Gasteiger partial charge is 0.274 e. The number of ether oxygens (including phenoxy) is 1. The number of rotatable bonds is 4. The van der Waals surface area contributed by atoms with Gasteiger partial charge in [0.1, 0.15) is 17.2 Å². The molecule has 1 amide bonds. The molecular weight excluding hydrogens is 400 g/mol. The number of aromatic hydroxyl groups is 1. The highest BCUT2D eigenvalue weighted by Gasteiger charge is 2.35. The predicted molar refractivity (Wildman–Crippen MR) is 120 cm³/mol. The van der Waals surface area contributed by atoms with Gasteiger partial charge < -0.3 is 19.7 Å². The van der Waals surface area contributed by atoms with Gasteiger partial charge in [-0.25, -0.2) is 0 Å². The van der Waals surface area contributed by atoms with Gasteiger partial charge >= 0.3 is 0 Å². The maximum absolute atomic E-state index is 13.4. The van der Waals surface area contributed by atoms with E-state index in [-0.39, 0.29) is 17.6 Å². The molecule has 0 fully saturated rings. The minimum Gasteiger partial charge on any atom is -0.507 e. The predicted octanol–water partition coefficient (Wildman–Crippen LogP) is 5.41. The summed E-state index contributed by atoms with van der Waals surface area (Å²) < 4.78 is 5.56. The first-order valence-corrected chi connectivity index (χ1v) is 10.5. The number of alkyl halides is 1. The van der Waals surface area contributed by atoms with E-state index in [4.69, 9.17) is 16.3 Å². The largest absolute Gasteiger partial charge is 0.507 e. The third-order valence-corrected chi connectivity index (χ3v) is 6.08. The molecule has 1 aromatic heterocycles. The number of halogens is 1. The minimum absolute atomic E-state index is 0.00468. The zero-order chi connectivity index (χ0) is 20.8. The second-order valence-corrected chi connectivity index (χ2v) is 7.81. The van der Waals surface area contributed by atoms with Crippen molar-refractivity contribution in [2.24, 2.45) is 0 Å². The van der Waals surface area contributed by atoms with Gasteiger partial charge in [-0.3, -0.25) is 4.79 Å². The highest BCUT2D eigenvalue weighted by atomic mass is 35.5. The third kappa shape index (κ3) is 2.89. The van der Waals surface area contributed by atoms with Crippen molar-refractivity contribution in [3.8, 4) is 11.5 Å². The molecule has 0 bridgehead atoms. The summed E-state index contributed by atoms with van der Waals surface area (Å²) in [6, 6.07) is 16.9. The van der Waals surface area contributed by atoms with Crippen LogP contribution in [0.1, 0.15) is 28.9 Å². The number of H-pyrrole nitrogens is 1. The fraction of sp³-hybridized carbons (Fsp3) is 0.208. The van der Waals surface area contributed by atoms with Crippen molar-refractivity contribution in [1.29, 1.82) is 0 Å². The lowest BCUT2D eigenvalue weighted by Crippen LogP contribution is -2.30. The maximum Gasteiger partial charge on any atom is 0.274 e. The molecule has 2 heterocycles. The third-order valence-electron chi connectivity index (χ3n) is 5.71. The second-order valence-electron chi connectivity index (χ2n) is 7.51. The summed E-state index contributed by atoms with van der Waals surface area (Å²) >= 11 is 6.28. The Morgan fingerprint density at radius 3 is 2.77 bits per heavy atom. The van der Waals surface area contributed by atoms with E-state index >= 15 is 0 Å². The van der Waals surface area contributed by atoms with Crippen LogP contribution in [0.2, 0.25) is 0 Å². The van der Waals surface area contributed by atoms with Gasteiger partial charge in [0.25, 0.3) is 5.91 Å². The van der Waals surface area contributed by atoms with Crippen LogP contribution in [0, 0.1) is 0 Å². The Morgan fingerprint density at radius 1 is 1.20 bits per heavy atom. The topological polar surface area (TPSA) is 65.6 Å². The number of nitrogens with one attached hydrogen (secondary N) is 1. The number of fused-ring (bicyclic) bond motifs is 4. The number of hydrogen-bond acceptors (Lipinski definition) is 3. The van der Waals surface area contributed by atoms with Crippen LogP contribution >= 0.6 is 11.6 Å². The van der Waals surface area contributed by atoms with Crippen molar-refractivity contribution in [2.75, 3.05) is 23.9 Å². The van der Waals surface area contributed by atoms with Crippen LogP contribution in [-0.2, 0) is 0 Å². The molecule has 1 atom stereocenters. The van der Waals surface area contributed by atoms with Crippen molar-refractivity contribution in [1.82, 2.24) is 4.98 Å². The molecule has 0 saturated heterocycles. The molecule has 1 aliphatic rings. The van der Waals surface area contributed by atoms with Crippen LogP contribution in [-0.4, -0.2) is 35.0 Å². The number of carbonyl (C=O) groups excluding carboxylic acids is 1. The van der Waals surface area contributed by atoms with E-state index in [9.17, 15) is 9.90 Å². The van der Waals surface area contributed by atoms with E-state index in [1.165, 1.54) is 0 Å². The lowest BCUT2D eigenvalue weighted by Gasteiger charge is -2.17. The fourth-order valence-corrected chi connectivity index (χ4v) is 4.62. The first kappa shape index (κ1) is 18.8. The average Bonchev–Trinajstić information content (AvgIpc) is 3.35. The Bertz CT molecular complexity index is 1280. The first-order valence-electron chi connectivity index (χ1n) is 9.98. The number of hydrogen-bond donors (Lipinski definition) is 2. The first-order chi connectivity index (χ1) is 14.6. The van der Waals surface area contributed by atoms with Crippen LogP contribution in [0.4, 0.5) is 5.69 Å². The van der Waals surface area contributed by atoms with Gasteiger partial charge in [-0.2, -0.15) is 0 Å². The lowest BCUT2D eigenvalue weighted by atomic mass is 9.95. The van der Waals surface area contributed by atoms with E-state index in [1.807, 2.05) is 55.5 Å². The Kier molecular flexibility index (Phi) is 4.55. The molecule has 0 spiro atoms. The van der Waals surface area contributed by atoms with Crippen LogP contribution in [0.15, 0.2) is 54.6 Å². The van der Waals surface area contributed by atoms with Gasteiger partial charge in [0.05, 0.1) is 12.3 Å². The molecule has 5 rings (SSSR count). The van der Waals surface area contributed by atoms with E-state index in [2.05, 4.69) is 4.98 Å². The van der Waals surface area contributed by atoms with Crippen molar-refractivity contribution in [2.45, 2.75) is 12.8 Å². The summed E-state index contributed by atoms with van der Waals surface area (Å²) in [5, 5.41) is 13.2. The minimum atomic E-state index is -0.146. The molecule has 152 valence electrons. The SMILES string of the molecule is CCOc1ccc2[nH]c(C(=O)N3C[C@@H](CCl)c4c3cc(O)c3ccccc43)cc2c1. The summed E-state index contributed by atoms with van der Waals surface area (Å²) in [7, 11) is 0. The molecular formula is C24H21ClN2O3. The van der Waals surface area contributed by atoms with Crippen LogP contribution in [0.3, 0.4) is 0 Å². The molecule has 0 saturated carbocycles. The lowest BCUT2D eigenvalue weighted by molar-refractivity contribution is 0.0984. The zero-order valence-electron chi connectivity index (χ0n) is 16.5. The van der Waals surface area contributed by atoms with Gasteiger partial charge in [-0.1, -0.05) is 24.3 Å². The molecule has 1 aliphatic heterocycles. The number of benzene rings is 3. The normalized spacial score (nSPS) is 15.7. The molecule has 0 unspecified atom stereocenters. The molecule has 0 radical (unpaired) electrons. The molecule has 4 aromatic rings. The van der Waals surface area contributed by atoms with Gasteiger partial charge in [0, 0.05) is 40.7 Å². The summed E-state index contributed by atoms with van der Waals surface area (Å²) in [5.41, 5.74) is 3.10. The van der Waals surface area contributed by atoms with E-state index in [0.29, 0.717) is 24.7 Å². The Morgan fingerprint density at radius 2 is 2.00 bits per heavy atom. The van der Waals surface area contributed by atoms with Crippen LogP contribution in [0.5, 0.6) is 11.5 Å². The number of aromatic nitrogens is 1. The van der Waals surface area contributed by atoms with Crippen LogP contribution < -0.4 is 9.64 Å². The van der Waals surface area contributed by atoms with E-state index < -0.39 is 0 Å². The molecule has 5 nitrogen and oxygen atoms in total. The number of amides is 1. The van der Waals surface area contributed by atoms with Gasteiger partial charge in [-0.05, 0) is 42.1 Å². The summed E-state index contributed by atoms with van der Waals surface area (Å²) in [4.78, 5) is 18.4.